The number of ether oxygens (including phenoxy) is 2. The van der Waals surface area contributed by atoms with Gasteiger partial charge < -0.3 is 15.2 Å². The highest BCUT2D eigenvalue weighted by molar-refractivity contribution is 4.53. The summed E-state index contributed by atoms with van der Waals surface area (Å²) in [4.78, 5) is 0. The zero-order valence-electron chi connectivity index (χ0n) is 7.51. The summed E-state index contributed by atoms with van der Waals surface area (Å²) in [6.07, 6.45) is 1.18. The minimum absolute atomic E-state index is 0.204. The summed E-state index contributed by atoms with van der Waals surface area (Å²) < 4.78 is 10.5. The van der Waals surface area contributed by atoms with E-state index in [-0.39, 0.29) is 6.10 Å². The Morgan fingerprint density at radius 2 is 2.00 bits per heavy atom. The smallest absolute Gasteiger partial charge is 0.0704 e. The maximum absolute atomic E-state index is 5.43. The van der Waals surface area contributed by atoms with Crippen molar-refractivity contribution in [2.45, 2.75) is 26.4 Å². The third-order valence-corrected chi connectivity index (χ3v) is 1.50. The number of hydrogen-bond acceptors (Lipinski definition) is 3. The first-order valence-corrected chi connectivity index (χ1v) is 4.24. The van der Waals surface area contributed by atoms with Crippen LogP contribution in [0.1, 0.15) is 20.3 Å². The molecule has 2 N–H and O–H groups in total. The van der Waals surface area contributed by atoms with Crippen LogP contribution in [0.4, 0.5) is 0 Å². The van der Waals surface area contributed by atoms with Crippen LogP contribution in [-0.2, 0) is 9.47 Å². The lowest BCUT2D eigenvalue weighted by molar-refractivity contribution is 0.0100. The number of nitrogens with two attached hydrogens (primary N) is 1. The molecule has 0 saturated carbocycles. The van der Waals surface area contributed by atoms with E-state index in [9.17, 15) is 0 Å². The quantitative estimate of drug-likeness (QED) is 0.561. The van der Waals surface area contributed by atoms with Crippen molar-refractivity contribution in [3.8, 4) is 0 Å². The summed E-state index contributed by atoms with van der Waals surface area (Å²) in [7, 11) is 0. The van der Waals surface area contributed by atoms with Gasteiger partial charge in [0, 0.05) is 13.2 Å². The van der Waals surface area contributed by atoms with Crippen LogP contribution >= 0.6 is 0 Å². The Morgan fingerprint density at radius 1 is 1.27 bits per heavy atom. The fraction of sp³-hybridized carbons (Fsp3) is 1.00. The van der Waals surface area contributed by atoms with Gasteiger partial charge in [-0.25, -0.2) is 0 Å². The lowest BCUT2D eigenvalue weighted by Crippen LogP contribution is -2.24. The fourth-order valence-corrected chi connectivity index (χ4v) is 0.771. The van der Waals surface area contributed by atoms with Gasteiger partial charge in [-0.1, -0.05) is 6.92 Å². The topological polar surface area (TPSA) is 44.5 Å². The summed E-state index contributed by atoms with van der Waals surface area (Å²) in [5.74, 6) is 0. The van der Waals surface area contributed by atoms with E-state index in [4.69, 9.17) is 15.2 Å². The summed E-state index contributed by atoms with van der Waals surface area (Å²) in [5, 5.41) is 0. The first kappa shape index (κ1) is 10.9. The predicted molar refractivity (Wildman–Crippen MR) is 45.6 cm³/mol. The number of hydrogen-bond donors (Lipinski definition) is 1. The Bertz CT molecular complexity index is 74.5. The van der Waals surface area contributed by atoms with Crippen LogP contribution in [0.15, 0.2) is 0 Å². The van der Waals surface area contributed by atoms with E-state index in [0.29, 0.717) is 19.8 Å². The third kappa shape index (κ3) is 6.28. The molecule has 0 aliphatic carbocycles. The fourth-order valence-electron chi connectivity index (χ4n) is 0.771. The molecule has 0 rings (SSSR count). The van der Waals surface area contributed by atoms with Crippen molar-refractivity contribution in [3.05, 3.63) is 0 Å². The molecule has 0 aromatic rings. The maximum atomic E-state index is 5.43. The van der Waals surface area contributed by atoms with Crippen LogP contribution < -0.4 is 5.73 Å². The van der Waals surface area contributed by atoms with Gasteiger partial charge in [0.1, 0.15) is 0 Å². The molecule has 0 spiro atoms. The molecule has 0 aliphatic rings. The van der Waals surface area contributed by atoms with Crippen LogP contribution in [0.25, 0.3) is 0 Å². The highest BCUT2D eigenvalue weighted by Gasteiger charge is 2.01. The summed E-state index contributed by atoms with van der Waals surface area (Å²) in [6.45, 7) is 6.72. The third-order valence-electron chi connectivity index (χ3n) is 1.50. The first-order chi connectivity index (χ1) is 5.35. The molecule has 0 heterocycles. The van der Waals surface area contributed by atoms with Gasteiger partial charge >= 0.3 is 0 Å². The Balaban J connectivity index is 3.07. The van der Waals surface area contributed by atoms with Crippen molar-refractivity contribution in [1.29, 1.82) is 0 Å². The zero-order valence-corrected chi connectivity index (χ0v) is 7.51. The molecule has 0 aliphatic heterocycles. The molecule has 0 aromatic heterocycles. The Hall–Kier alpha value is -0.120. The monoisotopic (exact) mass is 161 g/mol. The molecule has 1 atom stereocenters. The van der Waals surface area contributed by atoms with Crippen molar-refractivity contribution in [2.24, 2.45) is 5.73 Å². The molecule has 68 valence electrons. The van der Waals surface area contributed by atoms with E-state index < -0.39 is 0 Å². The van der Waals surface area contributed by atoms with Gasteiger partial charge in [0.2, 0.25) is 0 Å². The molecule has 0 amide bonds. The van der Waals surface area contributed by atoms with Crippen LogP contribution in [-0.4, -0.2) is 32.5 Å². The van der Waals surface area contributed by atoms with Gasteiger partial charge in [-0.05, 0) is 13.3 Å². The second-order valence-corrected chi connectivity index (χ2v) is 2.33. The van der Waals surface area contributed by atoms with Crippen LogP contribution in [0.2, 0.25) is 0 Å². The lowest BCUT2D eigenvalue weighted by Gasteiger charge is -2.12. The van der Waals surface area contributed by atoms with Gasteiger partial charge in [-0.2, -0.15) is 0 Å². The maximum Gasteiger partial charge on any atom is 0.0704 e. The Kier molecular flexibility index (Phi) is 7.89. The standard InChI is InChI=1S/C8H19NO2/c1-3-8(7-9)11-6-5-10-4-2/h8H,3-7,9H2,1-2H3. The molecular formula is C8H19NO2. The lowest BCUT2D eigenvalue weighted by atomic mass is 10.3. The van der Waals surface area contributed by atoms with Crippen molar-refractivity contribution in [2.75, 3.05) is 26.4 Å². The van der Waals surface area contributed by atoms with Crippen molar-refractivity contribution >= 4 is 0 Å². The summed E-state index contributed by atoms with van der Waals surface area (Å²) >= 11 is 0. The Morgan fingerprint density at radius 3 is 2.45 bits per heavy atom. The molecule has 0 radical (unpaired) electrons. The van der Waals surface area contributed by atoms with Gasteiger partial charge in [-0.3, -0.25) is 0 Å². The van der Waals surface area contributed by atoms with E-state index in [1.165, 1.54) is 0 Å². The van der Waals surface area contributed by atoms with Gasteiger partial charge in [0.25, 0.3) is 0 Å². The molecule has 3 heteroatoms. The second kappa shape index (κ2) is 7.98. The highest BCUT2D eigenvalue weighted by atomic mass is 16.5. The highest BCUT2D eigenvalue weighted by Crippen LogP contribution is 1.94. The molecule has 11 heavy (non-hydrogen) atoms. The Labute approximate surface area is 68.9 Å². The summed E-state index contributed by atoms with van der Waals surface area (Å²) in [6, 6.07) is 0. The van der Waals surface area contributed by atoms with Crippen LogP contribution in [0.3, 0.4) is 0 Å². The molecule has 0 bridgehead atoms. The van der Waals surface area contributed by atoms with Crippen LogP contribution in [0.5, 0.6) is 0 Å². The first-order valence-electron chi connectivity index (χ1n) is 4.24. The SMILES string of the molecule is CCOCCOC(CC)CN. The molecule has 0 fully saturated rings. The van der Waals surface area contributed by atoms with E-state index in [0.717, 1.165) is 13.0 Å². The summed E-state index contributed by atoms with van der Waals surface area (Å²) in [5.41, 5.74) is 5.43. The van der Waals surface area contributed by atoms with E-state index in [1.807, 2.05) is 6.92 Å². The molecule has 0 saturated heterocycles. The van der Waals surface area contributed by atoms with Gasteiger partial charge in [0.15, 0.2) is 0 Å². The average molecular weight is 161 g/mol. The van der Waals surface area contributed by atoms with Gasteiger partial charge in [0.05, 0.1) is 19.3 Å². The normalized spacial score (nSPS) is 13.4. The molecular weight excluding hydrogens is 142 g/mol. The average Bonchev–Trinajstić information content (AvgIpc) is 2.05. The second-order valence-electron chi connectivity index (χ2n) is 2.33. The van der Waals surface area contributed by atoms with Crippen molar-refractivity contribution in [1.82, 2.24) is 0 Å². The van der Waals surface area contributed by atoms with Gasteiger partial charge in [-0.15, -0.1) is 0 Å². The molecule has 1 unspecified atom stereocenters. The zero-order chi connectivity index (χ0) is 8.53. The minimum atomic E-state index is 0.204. The predicted octanol–water partition coefficient (Wildman–Crippen LogP) is 0.777. The minimum Gasteiger partial charge on any atom is -0.379 e. The van der Waals surface area contributed by atoms with Crippen molar-refractivity contribution in [3.63, 3.8) is 0 Å². The van der Waals surface area contributed by atoms with E-state index in [2.05, 4.69) is 6.92 Å². The number of rotatable bonds is 7. The van der Waals surface area contributed by atoms with Crippen LogP contribution in [0, 0.1) is 0 Å². The van der Waals surface area contributed by atoms with Crippen molar-refractivity contribution < 1.29 is 9.47 Å². The van der Waals surface area contributed by atoms with E-state index >= 15 is 0 Å². The largest absolute Gasteiger partial charge is 0.379 e. The molecule has 3 nitrogen and oxygen atoms in total. The molecule has 0 aromatic carbocycles. The van der Waals surface area contributed by atoms with E-state index in [1.54, 1.807) is 0 Å².